The molecule has 1 unspecified atom stereocenters. The van der Waals surface area contributed by atoms with Gasteiger partial charge in [-0.25, -0.2) is 4.98 Å². The molecule has 0 saturated heterocycles. The number of thioether (sulfide) groups is 1. The SMILES string of the molecule is Cc1cnc(N)c(C(O)CSC2CCCC2)c1. The summed E-state index contributed by atoms with van der Waals surface area (Å²) in [6.07, 6.45) is 6.49. The molecule has 4 heteroatoms. The lowest BCUT2D eigenvalue weighted by Crippen LogP contribution is -2.09. The summed E-state index contributed by atoms with van der Waals surface area (Å²) in [6.45, 7) is 1.97. The zero-order chi connectivity index (χ0) is 12.3. The van der Waals surface area contributed by atoms with Gasteiger partial charge in [-0.05, 0) is 31.4 Å². The summed E-state index contributed by atoms with van der Waals surface area (Å²) < 4.78 is 0. The summed E-state index contributed by atoms with van der Waals surface area (Å²) in [7, 11) is 0. The Kier molecular flexibility index (Phi) is 4.29. The molecule has 2 rings (SSSR count). The van der Waals surface area contributed by atoms with E-state index in [1.165, 1.54) is 25.7 Å². The van der Waals surface area contributed by atoms with Gasteiger partial charge in [-0.2, -0.15) is 11.8 Å². The minimum atomic E-state index is -0.493. The van der Waals surface area contributed by atoms with Gasteiger partial charge < -0.3 is 10.8 Å². The smallest absolute Gasteiger partial charge is 0.129 e. The lowest BCUT2D eigenvalue weighted by atomic mass is 10.1. The summed E-state index contributed by atoms with van der Waals surface area (Å²) >= 11 is 1.87. The fourth-order valence-corrected chi connectivity index (χ4v) is 3.54. The Bertz CT molecular complexity index is 378. The maximum atomic E-state index is 10.1. The minimum absolute atomic E-state index is 0.454. The number of aliphatic hydroxyl groups is 1. The molecule has 1 saturated carbocycles. The summed E-state index contributed by atoms with van der Waals surface area (Å²) in [6, 6.07) is 1.93. The number of aromatic nitrogens is 1. The first-order valence-corrected chi connectivity index (χ1v) is 7.23. The number of nitrogens with two attached hydrogens (primary N) is 1. The molecular weight excluding hydrogens is 232 g/mol. The molecule has 1 fully saturated rings. The van der Waals surface area contributed by atoms with Gasteiger partial charge in [0.2, 0.25) is 0 Å². The van der Waals surface area contributed by atoms with Gasteiger partial charge in [0, 0.05) is 22.8 Å². The van der Waals surface area contributed by atoms with Crippen LogP contribution in [0.4, 0.5) is 5.82 Å². The average Bonchev–Trinajstić information content (AvgIpc) is 2.82. The van der Waals surface area contributed by atoms with E-state index < -0.39 is 6.10 Å². The van der Waals surface area contributed by atoms with E-state index in [1.807, 2.05) is 24.8 Å². The second kappa shape index (κ2) is 5.74. The van der Waals surface area contributed by atoms with Crippen LogP contribution in [0, 0.1) is 6.92 Å². The van der Waals surface area contributed by atoms with Crippen LogP contribution in [0.3, 0.4) is 0 Å². The van der Waals surface area contributed by atoms with E-state index in [1.54, 1.807) is 6.20 Å². The van der Waals surface area contributed by atoms with E-state index in [9.17, 15) is 5.11 Å². The summed E-state index contributed by atoms with van der Waals surface area (Å²) in [4.78, 5) is 4.09. The first kappa shape index (κ1) is 12.7. The number of anilines is 1. The first-order valence-electron chi connectivity index (χ1n) is 6.18. The van der Waals surface area contributed by atoms with Crippen LogP contribution in [0.1, 0.15) is 42.9 Å². The van der Waals surface area contributed by atoms with Gasteiger partial charge in [-0.3, -0.25) is 0 Å². The molecule has 94 valence electrons. The van der Waals surface area contributed by atoms with E-state index in [2.05, 4.69) is 4.98 Å². The van der Waals surface area contributed by atoms with Gasteiger partial charge in [0.25, 0.3) is 0 Å². The molecule has 3 nitrogen and oxygen atoms in total. The Morgan fingerprint density at radius 3 is 2.94 bits per heavy atom. The summed E-state index contributed by atoms with van der Waals surface area (Å²) in [5, 5.41) is 10.9. The largest absolute Gasteiger partial charge is 0.387 e. The fraction of sp³-hybridized carbons (Fsp3) is 0.615. The molecule has 1 atom stereocenters. The number of aliphatic hydroxyl groups excluding tert-OH is 1. The minimum Gasteiger partial charge on any atom is -0.387 e. The number of hydrogen-bond acceptors (Lipinski definition) is 4. The molecule has 0 aliphatic heterocycles. The second-order valence-corrected chi connectivity index (χ2v) is 6.08. The van der Waals surface area contributed by atoms with Gasteiger partial charge in [-0.1, -0.05) is 12.8 Å². The van der Waals surface area contributed by atoms with Crippen LogP contribution >= 0.6 is 11.8 Å². The molecular formula is C13H20N2OS. The Labute approximate surface area is 107 Å². The highest BCUT2D eigenvalue weighted by molar-refractivity contribution is 7.99. The van der Waals surface area contributed by atoms with Crippen molar-refractivity contribution in [1.82, 2.24) is 4.98 Å². The second-order valence-electron chi connectivity index (χ2n) is 4.74. The molecule has 3 N–H and O–H groups in total. The summed E-state index contributed by atoms with van der Waals surface area (Å²) in [5.74, 6) is 1.18. The third kappa shape index (κ3) is 3.36. The van der Waals surface area contributed by atoms with Crippen LogP contribution in [0.5, 0.6) is 0 Å². The Hall–Kier alpha value is -0.740. The van der Waals surface area contributed by atoms with E-state index in [4.69, 9.17) is 5.73 Å². The third-order valence-electron chi connectivity index (χ3n) is 3.24. The molecule has 1 aliphatic rings. The number of nitrogen functional groups attached to an aromatic ring is 1. The number of aryl methyl sites for hydroxylation is 1. The predicted molar refractivity (Wildman–Crippen MR) is 73.1 cm³/mol. The van der Waals surface area contributed by atoms with Gasteiger partial charge in [0.1, 0.15) is 5.82 Å². The zero-order valence-corrected chi connectivity index (χ0v) is 11.0. The molecule has 0 bridgehead atoms. The Balaban J connectivity index is 1.93. The van der Waals surface area contributed by atoms with Crippen LogP contribution < -0.4 is 5.73 Å². The van der Waals surface area contributed by atoms with E-state index >= 15 is 0 Å². The van der Waals surface area contributed by atoms with Crippen molar-refractivity contribution in [3.8, 4) is 0 Å². The van der Waals surface area contributed by atoms with Gasteiger partial charge in [-0.15, -0.1) is 0 Å². The van der Waals surface area contributed by atoms with Crippen LogP contribution in [-0.4, -0.2) is 21.1 Å². The van der Waals surface area contributed by atoms with Crippen molar-refractivity contribution in [2.75, 3.05) is 11.5 Å². The van der Waals surface area contributed by atoms with Crippen LogP contribution in [-0.2, 0) is 0 Å². The molecule has 1 heterocycles. The highest BCUT2D eigenvalue weighted by Gasteiger charge is 2.19. The maximum Gasteiger partial charge on any atom is 0.129 e. The third-order valence-corrected chi connectivity index (χ3v) is 4.69. The van der Waals surface area contributed by atoms with Gasteiger partial charge >= 0.3 is 0 Å². The summed E-state index contributed by atoms with van der Waals surface area (Å²) in [5.41, 5.74) is 7.61. The van der Waals surface area contributed by atoms with Crippen molar-refractivity contribution in [2.45, 2.75) is 44.0 Å². The Morgan fingerprint density at radius 1 is 1.53 bits per heavy atom. The maximum absolute atomic E-state index is 10.1. The lowest BCUT2D eigenvalue weighted by Gasteiger charge is -2.15. The van der Waals surface area contributed by atoms with Crippen LogP contribution in [0.15, 0.2) is 12.3 Å². The number of hydrogen-bond donors (Lipinski definition) is 2. The van der Waals surface area contributed by atoms with E-state index in [0.29, 0.717) is 5.82 Å². The van der Waals surface area contributed by atoms with Crippen LogP contribution in [0.2, 0.25) is 0 Å². The van der Waals surface area contributed by atoms with Crippen molar-refractivity contribution in [2.24, 2.45) is 0 Å². The van der Waals surface area contributed by atoms with Crippen molar-refractivity contribution < 1.29 is 5.11 Å². The first-order chi connectivity index (χ1) is 8.16. The fourth-order valence-electron chi connectivity index (χ4n) is 2.24. The monoisotopic (exact) mass is 252 g/mol. The highest BCUT2D eigenvalue weighted by Crippen LogP contribution is 2.32. The topological polar surface area (TPSA) is 59.1 Å². The molecule has 1 aromatic rings. The molecule has 1 aromatic heterocycles. The van der Waals surface area contributed by atoms with Crippen molar-refractivity contribution in [3.05, 3.63) is 23.4 Å². The molecule has 17 heavy (non-hydrogen) atoms. The average molecular weight is 252 g/mol. The molecule has 1 aliphatic carbocycles. The normalized spacial score (nSPS) is 18.5. The van der Waals surface area contributed by atoms with Crippen molar-refractivity contribution in [1.29, 1.82) is 0 Å². The number of pyridine rings is 1. The highest BCUT2D eigenvalue weighted by atomic mass is 32.2. The Morgan fingerprint density at radius 2 is 2.24 bits per heavy atom. The quantitative estimate of drug-likeness (QED) is 0.865. The lowest BCUT2D eigenvalue weighted by molar-refractivity contribution is 0.204. The molecule has 0 radical (unpaired) electrons. The van der Waals surface area contributed by atoms with E-state index in [-0.39, 0.29) is 0 Å². The predicted octanol–water partition coefficient (Wildman–Crippen LogP) is 2.68. The molecule has 0 aromatic carbocycles. The van der Waals surface area contributed by atoms with Crippen molar-refractivity contribution >= 4 is 17.6 Å². The van der Waals surface area contributed by atoms with Gasteiger partial charge in [0.05, 0.1) is 6.10 Å². The van der Waals surface area contributed by atoms with E-state index in [0.717, 1.165) is 22.1 Å². The zero-order valence-electron chi connectivity index (χ0n) is 10.2. The molecule has 0 amide bonds. The van der Waals surface area contributed by atoms with Gasteiger partial charge in [0.15, 0.2) is 0 Å². The number of nitrogens with zero attached hydrogens (tertiary/aromatic N) is 1. The van der Waals surface area contributed by atoms with Crippen molar-refractivity contribution in [3.63, 3.8) is 0 Å². The standard InChI is InChI=1S/C13H20N2OS/c1-9-6-11(13(14)15-7-9)12(16)8-17-10-4-2-3-5-10/h6-7,10,12,16H,2-5,8H2,1H3,(H2,14,15). The van der Waals surface area contributed by atoms with Crippen LogP contribution in [0.25, 0.3) is 0 Å². The number of rotatable bonds is 4. The molecule has 0 spiro atoms.